The molecule has 3 rings (SSSR count). The Morgan fingerprint density at radius 3 is 2.68 bits per heavy atom. The van der Waals surface area contributed by atoms with Gasteiger partial charge in [-0.15, -0.1) is 0 Å². The highest BCUT2D eigenvalue weighted by Gasteiger charge is 2.13. The number of ether oxygens (including phenoxy) is 2. The lowest BCUT2D eigenvalue weighted by atomic mass is 10.1. The molecule has 3 aromatic rings. The van der Waals surface area contributed by atoms with Crippen molar-refractivity contribution < 1.29 is 18.7 Å². The molecule has 0 bridgehead atoms. The van der Waals surface area contributed by atoms with E-state index in [4.69, 9.17) is 13.9 Å². The summed E-state index contributed by atoms with van der Waals surface area (Å²) in [6.07, 6.45) is 2.81. The molecule has 2 aromatic carbocycles. The number of hydrogen-bond acceptors (Lipinski definition) is 4. The van der Waals surface area contributed by atoms with Crippen molar-refractivity contribution >= 4 is 22.6 Å². The third-order valence-electron chi connectivity index (χ3n) is 4.16. The number of methoxy groups -OCH3 is 2. The monoisotopic (exact) mass is 339 g/mol. The predicted molar refractivity (Wildman–Crippen MR) is 97.5 cm³/mol. The number of hydrogen-bond donors (Lipinski definition) is 1. The lowest BCUT2D eigenvalue weighted by molar-refractivity contribution is -0.115. The fourth-order valence-corrected chi connectivity index (χ4v) is 2.76. The fraction of sp³-hybridized carbons (Fsp3) is 0.250. The van der Waals surface area contributed by atoms with Crippen LogP contribution in [0.5, 0.6) is 11.5 Å². The smallest absolute Gasteiger partial charge is 0.229 e. The van der Waals surface area contributed by atoms with Gasteiger partial charge < -0.3 is 19.2 Å². The molecule has 5 nitrogen and oxygen atoms in total. The Kier molecular flexibility index (Phi) is 4.93. The number of aryl methyl sites for hydroxylation is 1. The zero-order valence-corrected chi connectivity index (χ0v) is 14.6. The largest absolute Gasteiger partial charge is 0.497 e. The van der Waals surface area contributed by atoms with Crippen LogP contribution >= 0.6 is 0 Å². The molecule has 0 aliphatic heterocycles. The Hall–Kier alpha value is -2.95. The number of carbonyl (C=O) groups is 1. The molecule has 1 N–H and O–H groups in total. The Morgan fingerprint density at radius 2 is 1.96 bits per heavy atom. The van der Waals surface area contributed by atoms with E-state index in [0.717, 1.165) is 23.0 Å². The second kappa shape index (κ2) is 7.30. The summed E-state index contributed by atoms with van der Waals surface area (Å²) >= 11 is 0. The molecule has 25 heavy (non-hydrogen) atoms. The van der Waals surface area contributed by atoms with Gasteiger partial charge in [-0.1, -0.05) is 19.1 Å². The molecule has 0 radical (unpaired) electrons. The summed E-state index contributed by atoms with van der Waals surface area (Å²) in [5, 5.41) is 3.84. The summed E-state index contributed by atoms with van der Waals surface area (Å²) in [5.74, 6) is 1.09. The van der Waals surface area contributed by atoms with Gasteiger partial charge in [-0.25, -0.2) is 0 Å². The van der Waals surface area contributed by atoms with Gasteiger partial charge in [-0.05, 0) is 30.2 Å². The number of anilines is 1. The Bertz CT molecular complexity index is 898. The molecule has 1 heterocycles. The molecule has 0 aliphatic carbocycles. The van der Waals surface area contributed by atoms with Gasteiger partial charge in [0.15, 0.2) is 0 Å². The standard InChI is InChI=1S/C20H21NO4/c1-4-13-5-7-16-14(12-25-19(16)9-13)10-20(22)21-17-11-15(23-2)6-8-18(17)24-3/h5-9,11-12H,4,10H2,1-3H3,(H,21,22). The third kappa shape index (κ3) is 3.60. The van der Waals surface area contributed by atoms with Crippen LogP contribution < -0.4 is 14.8 Å². The minimum atomic E-state index is -0.145. The molecular formula is C20H21NO4. The molecule has 0 aliphatic rings. The minimum absolute atomic E-state index is 0.145. The average molecular weight is 339 g/mol. The van der Waals surface area contributed by atoms with Crippen LogP contribution in [-0.2, 0) is 17.6 Å². The molecule has 1 aromatic heterocycles. The normalized spacial score (nSPS) is 10.7. The number of carbonyl (C=O) groups excluding carboxylic acids is 1. The predicted octanol–water partition coefficient (Wildman–Crippen LogP) is 4.19. The number of benzene rings is 2. The molecule has 1 amide bonds. The van der Waals surface area contributed by atoms with Gasteiger partial charge in [0.1, 0.15) is 17.1 Å². The highest BCUT2D eigenvalue weighted by Crippen LogP contribution is 2.29. The minimum Gasteiger partial charge on any atom is -0.497 e. The van der Waals surface area contributed by atoms with E-state index in [1.165, 1.54) is 5.56 Å². The van der Waals surface area contributed by atoms with E-state index < -0.39 is 0 Å². The van der Waals surface area contributed by atoms with E-state index in [0.29, 0.717) is 17.2 Å². The summed E-state index contributed by atoms with van der Waals surface area (Å²) in [6, 6.07) is 11.4. The van der Waals surface area contributed by atoms with E-state index in [1.54, 1.807) is 38.7 Å². The summed E-state index contributed by atoms with van der Waals surface area (Å²) in [6.45, 7) is 2.10. The lowest BCUT2D eigenvalue weighted by Crippen LogP contribution is -2.15. The van der Waals surface area contributed by atoms with Crippen LogP contribution in [0.25, 0.3) is 11.0 Å². The molecule has 0 fully saturated rings. The van der Waals surface area contributed by atoms with E-state index >= 15 is 0 Å². The van der Waals surface area contributed by atoms with Crippen molar-refractivity contribution in [1.82, 2.24) is 0 Å². The molecule has 0 saturated heterocycles. The number of nitrogens with one attached hydrogen (secondary N) is 1. The van der Waals surface area contributed by atoms with E-state index in [9.17, 15) is 4.79 Å². The van der Waals surface area contributed by atoms with Crippen molar-refractivity contribution in [2.45, 2.75) is 19.8 Å². The van der Waals surface area contributed by atoms with Crippen LogP contribution in [0.1, 0.15) is 18.1 Å². The van der Waals surface area contributed by atoms with Crippen molar-refractivity contribution in [3.05, 3.63) is 53.8 Å². The summed E-state index contributed by atoms with van der Waals surface area (Å²) in [4.78, 5) is 12.5. The van der Waals surface area contributed by atoms with Crippen LogP contribution in [0.15, 0.2) is 47.1 Å². The number of fused-ring (bicyclic) bond motifs is 1. The molecule has 0 atom stereocenters. The highest BCUT2D eigenvalue weighted by atomic mass is 16.5. The Morgan fingerprint density at radius 1 is 1.12 bits per heavy atom. The number of rotatable bonds is 6. The van der Waals surface area contributed by atoms with Gasteiger partial charge in [0.05, 0.1) is 32.6 Å². The van der Waals surface area contributed by atoms with Crippen molar-refractivity contribution in [3.63, 3.8) is 0 Å². The van der Waals surface area contributed by atoms with Crippen LogP contribution in [0.4, 0.5) is 5.69 Å². The molecule has 5 heteroatoms. The van der Waals surface area contributed by atoms with Crippen LogP contribution in [0.2, 0.25) is 0 Å². The highest BCUT2D eigenvalue weighted by molar-refractivity contribution is 5.96. The first-order valence-corrected chi connectivity index (χ1v) is 8.15. The zero-order chi connectivity index (χ0) is 17.8. The zero-order valence-electron chi connectivity index (χ0n) is 14.6. The Labute approximate surface area is 146 Å². The van der Waals surface area contributed by atoms with Crippen LogP contribution in [-0.4, -0.2) is 20.1 Å². The Balaban J connectivity index is 1.79. The van der Waals surface area contributed by atoms with E-state index in [2.05, 4.69) is 18.3 Å². The van der Waals surface area contributed by atoms with E-state index in [-0.39, 0.29) is 12.3 Å². The average Bonchev–Trinajstić information content (AvgIpc) is 3.03. The van der Waals surface area contributed by atoms with Crippen LogP contribution in [0, 0.1) is 0 Å². The van der Waals surface area contributed by atoms with Gasteiger partial charge >= 0.3 is 0 Å². The third-order valence-corrected chi connectivity index (χ3v) is 4.16. The van der Waals surface area contributed by atoms with Crippen molar-refractivity contribution in [3.8, 4) is 11.5 Å². The summed E-state index contributed by atoms with van der Waals surface area (Å²) < 4.78 is 16.1. The van der Waals surface area contributed by atoms with Gasteiger partial charge in [0.2, 0.25) is 5.91 Å². The topological polar surface area (TPSA) is 60.7 Å². The second-order valence-electron chi connectivity index (χ2n) is 5.74. The maximum absolute atomic E-state index is 12.5. The fourth-order valence-electron chi connectivity index (χ4n) is 2.76. The number of amides is 1. The molecule has 130 valence electrons. The molecule has 0 spiro atoms. The van der Waals surface area contributed by atoms with Gasteiger partial charge in [0, 0.05) is 17.0 Å². The number of furan rings is 1. The quantitative estimate of drug-likeness (QED) is 0.731. The van der Waals surface area contributed by atoms with Crippen LogP contribution in [0.3, 0.4) is 0 Å². The molecule has 0 saturated carbocycles. The van der Waals surface area contributed by atoms with Crippen molar-refractivity contribution in [2.24, 2.45) is 0 Å². The second-order valence-corrected chi connectivity index (χ2v) is 5.74. The van der Waals surface area contributed by atoms with Gasteiger partial charge in [-0.3, -0.25) is 4.79 Å². The van der Waals surface area contributed by atoms with Crippen molar-refractivity contribution in [2.75, 3.05) is 19.5 Å². The maximum atomic E-state index is 12.5. The molecule has 0 unspecified atom stereocenters. The first-order chi connectivity index (χ1) is 12.1. The maximum Gasteiger partial charge on any atom is 0.229 e. The molecular weight excluding hydrogens is 318 g/mol. The first-order valence-electron chi connectivity index (χ1n) is 8.15. The van der Waals surface area contributed by atoms with Gasteiger partial charge in [0.25, 0.3) is 0 Å². The first kappa shape index (κ1) is 16.9. The summed E-state index contributed by atoms with van der Waals surface area (Å²) in [7, 11) is 3.14. The van der Waals surface area contributed by atoms with E-state index in [1.807, 2.05) is 12.1 Å². The SMILES string of the molecule is CCc1ccc2c(CC(=O)Nc3cc(OC)ccc3OC)coc2c1. The lowest BCUT2D eigenvalue weighted by Gasteiger charge is -2.11. The van der Waals surface area contributed by atoms with Gasteiger partial charge in [-0.2, -0.15) is 0 Å². The summed E-state index contributed by atoms with van der Waals surface area (Å²) in [5.41, 5.74) is 3.45. The van der Waals surface area contributed by atoms with Crippen molar-refractivity contribution in [1.29, 1.82) is 0 Å².